The van der Waals surface area contributed by atoms with E-state index >= 15 is 0 Å². The van der Waals surface area contributed by atoms with E-state index in [-0.39, 0.29) is 12.3 Å². The molecule has 1 N–H and O–H groups in total. The van der Waals surface area contributed by atoms with Gasteiger partial charge < -0.3 is 10.1 Å². The Kier molecular flexibility index (Phi) is 6.90. The van der Waals surface area contributed by atoms with Crippen LogP contribution in [-0.2, 0) is 16.1 Å². The maximum atomic E-state index is 12.7. The first-order valence-electron chi connectivity index (χ1n) is 8.85. The average molecular weight is 432 g/mol. The summed E-state index contributed by atoms with van der Waals surface area (Å²) in [7, 11) is 1.31. The molecule has 0 aliphatic heterocycles. The molecule has 1 heterocycles. The lowest BCUT2D eigenvalue weighted by Crippen LogP contribution is -2.30. The summed E-state index contributed by atoms with van der Waals surface area (Å²) in [6.07, 6.45) is 3.11. The summed E-state index contributed by atoms with van der Waals surface area (Å²) in [6.45, 7) is 0.440. The van der Waals surface area contributed by atoms with E-state index in [4.69, 9.17) is 27.9 Å². The van der Waals surface area contributed by atoms with Gasteiger partial charge in [-0.3, -0.25) is 14.3 Å². The Morgan fingerprint density at radius 2 is 1.86 bits per heavy atom. The van der Waals surface area contributed by atoms with Crippen molar-refractivity contribution in [1.82, 2.24) is 15.1 Å². The fourth-order valence-electron chi connectivity index (χ4n) is 2.81. The van der Waals surface area contributed by atoms with Gasteiger partial charge in [-0.1, -0.05) is 53.5 Å². The highest BCUT2D eigenvalue weighted by Crippen LogP contribution is 2.21. The third kappa shape index (κ3) is 5.59. The Bertz CT molecular complexity index is 1000. The molecule has 1 amide bonds. The van der Waals surface area contributed by atoms with Crippen molar-refractivity contribution in [1.29, 1.82) is 0 Å². The van der Waals surface area contributed by atoms with Gasteiger partial charge in [0.2, 0.25) is 0 Å². The second-order valence-corrected chi connectivity index (χ2v) is 7.22. The topological polar surface area (TPSA) is 73.2 Å². The zero-order valence-electron chi connectivity index (χ0n) is 15.6. The Morgan fingerprint density at radius 1 is 1.14 bits per heavy atom. The number of carbonyl (C=O) groups is 2. The van der Waals surface area contributed by atoms with Gasteiger partial charge >= 0.3 is 5.97 Å². The highest BCUT2D eigenvalue weighted by Gasteiger charge is 2.20. The van der Waals surface area contributed by atoms with Crippen LogP contribution in [0.2, 0.25) is 10.0 Å². The lowest BCUT2D eigenvalue weighted by molar-refractivity contribution is -0.141. The van der Waals surface area contributed by atoms with Crippen LogP contribution in [0.4, 0.5) is 0 Å². The minimum Gasteiger partial charge on any atom is -0.469 e. The summed E-state index contributed by atoms with van der Waals surface area (Å²) < 4.78 is 6.38. The van der Waals surface area contributed by atoms with E-state index in [2.05, 4.69) is 10.4 Å². The molecule has 1 unspecified atom stereocenters. The van der Waals surface area contributed by atoms with Crippen molar-refractivity contribution in [2.24, 2.45) is 0 Å². The lowest BCUT2D eigenvalue weighted by Gasteiger charge is -2.18. The quantitative estimate of drug-likeness (QED) is 0.566. The Balaban J connectivity index is 1.74. The molecular formula is C21H19Cl2N3O3. The van der Waals surface area contributed by atoms with Crippen molar-refractivity contribution in [2.45, 2.75) is 19.0 Å². The summed E-state index contributed by atoms with van der Waals surface area (Å²) in [4.78, 5) is 24.5. The van der Waals surface area contributed by atoms with Gasteiger partial charge in [-0.15, -0.1) is 0 Å². The lowest BCUT2D eigenvalue weighted by atomic mass is 10.0. The number of nitrogens with zero attached hydrogens (tertiary/aromatic N) is 2. The van der Waals surface area contributed by atoms with E-state index in [1.807, 2.05) is 18.2 Å². The second-order valence-electron chi connectivity index (χ2n) is 6.38. The maximum Gasteiger partial charge on any atom is 0.307 e. The number of aromatic nitrogens is 2. The monoisotopic (exact) mass is 431 g/mol. The number of amides is 1. The number of benzene rings is 2. The van der Waals surface area contributed by atoms with E-state index in [0.29, 0.717) is 22.2 Å². The summed E-state index contributed by atoms with van der Waals surface area (Å²) in [5.74, 6) is -0.779. The van der Waals surface area contributed by atoms with Crippen molar-refractivity contribution in [3.05, 3.63) is 87.7 Å². The largest absolute Gasteiger partial charge is 0.469 e. The van der Waals surface area contributed by atoms with Crippen LogP contribution in [0.25, 0.3) is 0 Å². The molecule has 3 rings (SSSR count). The van der Waals surface area contributed by atoms with Crippen LogP contribution >= 0.6 is 23.2 Å². The van der Waals surface area contributed by atoms with E-state index < -0.39 is 12.0 Å². The number of nitrogens with one attached hydrogen (secondary N) is 1. The van der Waals surface area contributed by atoms with Gasteiger partial charge in [-0.25, -0.2) is 0 Å². The van der Waals surface area contributed by atoms with Crippen molar-refractivity contribution in [3.8, 4) is 0 Å². The van der Waals surface area contributed by atoms with E-state index in [9.17, 15) is 9.59 Å². The Hall–Kier alpha value is -2.83. The molecule has 3 aromatic rings. The van der Waals surface area contributed by atoms with Gasteiger partial charge in [0.05, 0.1) is 37.9 Å². The number of esters is 1. The molecule has 0 fully saturated rings. The normalized spacial score (nSPS) is 11.7. The molecule has 29 heavy (non-hydrogen) atoms. The van der Waals surface area contributed by atoms with Gasteiger partial charge in [0.25, 0.3) is 5.91 Å². The molecule has 0 saturated carbocycles. The third-order valence-electron chi connectivity index (χ3n) is 4.36. The molecule has 1 aromatic heterocycles. The van der Waals surface area contributed by atoms with Crippen LogP contribution in [0.5, 0.6) is 0 Å². The molecule has 0 aliphatic rings. The first kappa shape index (κ1) is 20.9. The molecule has 2 aromatic carbocycles. The van der Waals surface area contributed by atoms with Crippen LogP contribution in [-0.4, -0.2) is 28.8 Å². The number of hydrogen-bond donors (Lipinski definition) is 1. The van der Waals surface area contributed by atoms with Gasteiger partial charge in [0, 0.05) is 16.2 Å². The summed E-state index contributed by atoms with van der Waals surface area (Å²) >= 11 is 12.1. The smallest absolute Gasteiger partial charge is 0.307 e. The predicted molar refractivity (Wildman–Crippen MR) is 111 cm³/mol. The fraction of sp³-hybridized carbons (Fsp3) is 0.190. The zero-order chi connectivity index (χ0) is 20.8. The number of ether oxygens (including phenoxy) is 1. The number of halogens is 2. The van der Waals surface area contributed by atoms with Crippen LogP contribution < -0.4 is 5.32 Å². The molecule has 0 spiro atoms. The molecule has 0 radical (unpaired) electrons. The molecule has 8 heteroatoms. The van der Waals surface area contributed by atoms with Gasteiger partial charge in [-0.2, -0.15) is 5.10 Å². The minimum atomic E-state index is -0.556. The van der Waals surface area contributed by atoms with Crippen LogP contribution in [0.15, 0.2) is 60.9 Å². The molecule has 1 atom stereocenters. The summed E-state index contributed by atoms with van der Waals surface area (Å²) in [5.41, 5.74) is 2.02. The highest BCUT2D eigenvalue weighted by atomic mass is 35.5. The van der Waals surface area contributed by atoms with E-state index in [1.54, 1.807) is 41.2 Å². The van der Waals surface area contributed by atoms with E-state index in [0.717, 1.165) is 11.1 Å². The molecule has 0 saturated heterocycles. The Labute approximate surface area is 178 Å². The Morgan fingerprint density at radius 3 is 2.55 bits per heavy atom. The summed E-state index contributed by atoms with van der Waals surface area (Å²) in [5, 5.41) is 8.29. The molecule has 150 valence electrons. The predicted octanol–water partition coefficient (Wildman–Crippen LogP) is 4.27. The fourth-order valence-corrected chi connectivity index (χ4v) is 3.13. The zero-order valence-corrected chi connectivity index (χ0v) is 17.2. The van der Waals surface area contributed by atoms with Crippen molar-refractivity contribution >= 4 is 35.1 Å². The van der Waals surface area contributed by atoms with Crippen LogP contribution in [0, 0.1) is 0 Å². The molecule has 6 nitrogen and oxygen atoms in total. The van der Waals surface area contributed by atoms with Crippen LogP contribution in [0.3, 0.4) is 0 Å². The first-order valence-corrected chi connectivity index (χ1v) is 9.61. The third-order valence-corrected chi connectivity index (χ3v) is 4.98. The summed E-state index contributed by atoms with van der Waals surface area (Å²) in [6, 6.07) is 13.8. The minimum absolute atomic E-state index is 0.00235. The number of carbonyl (C=O) groups excluding carboxylic acids is 2. The average Bonchev–Trinajstić information content (AvgIpc) is 3.18. The number of rotatable bonds is 7. The molecular weight excluding hydrogens is 413 g/mol. The van der Waals surface area contributed by atoms with Crippen molar-refractivity contribution < 1.29 is 14.3 Å². The standard InChI is InChI=1S/C21H19Cl2N3O3/c1-29-20(27)10-19(14-6-8-17(22)9-7-14)25-21(28)16-11-24-26(13-16)12-15-4-2-3-5-18(15)23/h2-9,11,13,19H,10,12H2,1H3,(H,25,28). The van der Waals surface area contributed by atoms with Gasteiger partial charge in [0.15, 0.2) is 0 Å². The van der Waals surface area contributed by atoms with Crippen molar-refractivity contribution in [3.63, 3.8) is 0 Å². The maximum absolute atomic E-state index is 12.7. The van der Waals surface area contributed by atoms with Gasteiger partial charge in [0.1, 0.15) is 0 Å². The number of hydrogen-bond acceptors (Lipinski definition) is 4. The van der Waals surface area contributed by atoms with Crippen LogP contribution in [0.1, 0.15) is 33.9 Å². The second kappa shape index (κ2) is 9.58. The molecule has 0 bridgehead atoms. The SMILES string of the molecule is COC(=O)CC(NC(=O)c1cnn(Cc2ccccc2Cl)c1)c1ccc(Cl)cc1. The van der Waals surface area contributed by atoms with E-state index in [1.165, 1.54) is 13.3 Å². The first-order chi connectivity index (χ1) is 14.0. The highest BCUT2D eigenvalue weighted by molar-refractivity contribution is 6.31. The van der Waals surface area contributed by atoms with Crippen molar-refractivity contribution in [2.75, 3.05) is 7.11 Å². The molecule has 0 aliphatic carbocycles. The van der Waals surface area contributed by atoms with Gasteiger partial charge in [-0.05, 0) is 29.3 Å². The number of methoxy groups -OCH3 is 1.